The number of aromatic nitrogens is 2. The van der Waals surface area contributed by atoms with Crippen LogP contribution >= 0.6 is 22.9 Å². The van der Waals surface area contributed by atoms with Crippen molar-refractivity contribution in [1.82, 2.24) is 25.1 Å². The molecule has 1 saturated carbocycles. The number of thiazole rings is 1. The number of urea groups is 1. The zero-order valence-electron chi connectivity index (χ0n) is 26.3. The van der Waals surface area contributed by atoms with Crippen LogP contribution in [0.25, 0.3) is 22.3 Å². The van der Waals surface area contributed by atoms with Gasteiger partial charge in [-0.2, -0.15) is 13.2 Å². The molecule has 1 aromatic carbocycles. The van der Waals surface area contributed by atoms with E-state index >= 15 is 0 Å². The molecule has 3 aromatic rings. The van der Waals surface area contributed by atoms with Gasteiger partial charge in [-0.1, -0.05) is 23.8 Å². The van der Waals surface area contributed by atoms with Crippen LogP contribution in [0.5, 0.6) is 11.5 Å². The number of hydrogen-bond donors (Lipinski definition) is 1. The third kappa shape index (κ3) is 6.37. The SMILES string of the molecule is COC(=O)[C@@]12C[C@H]1/C=C\CCCCN(C)C(=O)[C@@H]1C[C@H](Oc3cc(-c4csc(C(F)(F)F)n4)nc4c(Cl)c(OC)ccc34)CN1C(=O)N2. The number of halogens is 4. The van der Waals surface area contributed by atoms with Gasteiger partial charge >= 0.3 is 18.2 Å². The number of nitrogens with one attached hydrogen (secondary N) is 1. The first-order valence-electron chi connectivity index (χ1n) is 15.3. The van der Waals surface area contributed by atoms with Gasteiger partial charge in [0.25, 0.3) is 0 Å². The van der Waals surface area contributed by atoms with Gasteiger partial charge in [0.05, 0.1) is 32.0 Å². The Hall–Kier alpha value is -4.11. The smallest absolute Gasteiger partial charge is 0.443 e. The second-order valence-corrected chi connectivity index (χ2v) is 13.3. The molecule has 3 amide bonds. The molecule has 2 aliphatic heterocycles. The third-order valence-corrected chi connectivity index (χ3v) is 10.2. The molecule has 1 saturated heterocycles. The number of benzene rings is 1. The maximum Gasteiger partial charge on any atom is 0.443 e. The summed E-state index contributed by atoms with van der Waals surface area (Å²) < 4.78 is 57.0. The van der Waals surface area contributed by atoms with Crippen molar-refractivity contribution in [2.24, 2.45) is 5.92 Å². The van der Waals surface area contributed by atoms with Gasteiger partial charge in [0.15, 0.2) is 5.01 Å². The summed E-state index contributed by atoms with van der Waals surface area (Å²) in [6, 6.07) is 3.22. The van der Waals surface area contributed by atoms with Crippen LogP contribution in [0.15, 0.2) is 35.7 Å². The highest BCUT2D eigenvalue weighted by molar-refractivity contribution is 7.10. The number of hydrogen-bond acceptors (Lipinski definition) is 9. The summed E-state index contributed by atoms with van der Waals surface area (Å²) in [4.78, 5) is 51.7. The Balaban J connectivity index is 1.35. The maximum absolute atomic E-state index is 13.8. The van der Waals surface area contributed by atoms with Crippen molar-refractivity contribution in [3.63, 3.8) is 0 Å². The maximum atomic E-state index is 13.8. The topological polar surface area (TPSA) is 123 Å². The van der Waals surface area contributed by atoms with Crippen LogP contribution in [0, 0.1) is 5.92 Å². The summed E-state index contributed by atoms with van der Waals surface area (Å²) in [6.45, 7) is 0.470. The first-order chi connectivity index (χ1) is 22.9. The van der Waals surface area contributed by atoms with Crippen molar-refractivity contribution in [2.75, 3.05) is 34.4 Å². The normalized spacial score (nSPS) is 25.5. The molecular weight excluding hydrogens is 675 g/mol. The molecule has 16 heteroatoms. The van der Waals surface area contributed by atoms with Gasteiger partial charge in [-0.05, 0) is 37.8 Å². The number of fused-ring (bicyclic) bond motifs is 3. The van der Waals surface area contributed by atoms with E-state index in [-0.39, 0.29) is 52.5 Å². The lowest BCUT2D eigenvalue weighted by atomic mass is 10.1. The van der Waals surface area contributed by atoms with Crippen LogP contribution < -0.4 is 14.8 Å². The molecule has 0 unspecified atom stereocenters. The largest absolute Gasteiger partial charge is 0.495 e. The Morgan fingerprint density at radius 3 is 2.65 bits per heavy atom. The van der Waals surface area contributed by atoms with Crippen LogP contribution in [-0.4, -0.2) is 89.7 Å². The van der Waals surface area contributed by atoms with Gasteiger partial charge in [0, 0.05) is 42.8 Å². The van der Waals surface area contributed by atoms with E-state index in [4.69, 9.17) is 25.8 Å². The number of alkyl halides is 3. The number of likely N-dealkylation sites (N-methyl/N-ethyl adjacent to an activating group) is 1. The van der Waals surface area contributed by atoms with Gasteiger partial charge in [-0.25, -0.2) is 19.6 Å². The number of esters is 1. The minimum atomic E-state index is -4.64. The summed E-state index contributed by atoms with van der Waals surface area (Å²) in [6.07, 6.45) is 1.40. The number of amides is 3. The lowest BCUT2D eigenvalue weighted by Crippen LogP contribution is -2.55. The average molecular weight is 708 g/mol. The highest BCUT2D eigenvalue weighted by atomic mass is 35.5. The van der Waals surface area contributed by atoms with Gasteiger partial charge in [0.2, 0.25) is 5.91 Å². The molecule has 0 radical (unpaired) electrons. The highest BCUT2D eigenvalue weighted by Gasteiger charge is 2.62. The monoisotopic (exact) mass is 707 g/mol. The molecule has 11 nitrogen and oxygen atoms in total. The fourth-order valence-corrected chi connectivity index (χ4v) is 7.23. The predicted octanol–water partition coefficient (Wildman–Crippen LogP) is 5.70. The van der Waals surface area contributed by atoms with Crippen molar-refractivity contribution in [3.05, 3.63) is 45.8 Å². The lowest BCUT2D eigenvalue weighted by Gasteiger charge is -2.29. The summed E-state index contributed by atoms with van der Waals surface area (Å²) in [5.41, 5.74) is -0.973. The molecule has 6 rings (SSSR count). The minimum Gasteiger partial charge on any atom is -0.495 e. The Morgan fingerprint density at radius 2 is 1.94 bits per heavy atom. The molecule has 256 valence electrons. The summed E-state index contributed by atoms with van der Waals surface area (Å²) in [7, 11) is 4.37. The molecule has 0 bridgehead atoms. The number of methoxy groups -OCH3 is 2. The molecule has 2 fully saturated rings. The molecule has 1 N–H and O–H groups in total. The fraction of sp³-hybridized carbons (Fsp3) is 0.469. The summed E-state index contributed by atoms with van der Waals surface area (Å²) >= 11 is 7.05. The van der Waals surface area contributed by atoms with E-state index in [1.165, 1.54) is 30.6 Å². The molecule has 48 heavy (non-hydrogen) atoms. The van der Waals surface area contributed by atoms with E-state index < -0.39 is 40.9 Å². The van der Waals surface area contributed by atoms with E-state index in [1.54, 1.807) is 24.1 Å². The van der Waals surface area contributed by atoms with E-state index in [1.807, 2.05) is 12.2 Å². The Morgan fingerprint density at radius 1 is 1.15 bits per heavy atom. The summed E-state index contributed by atoms with van der Waals surface area (Å²) in [5, 5.41) is 3.62. The van der Waals surface area contributed by atoms with E-state index in [0.717, 1.165) is 19.3 Å². The molecular formula is C32H33ClF3N5O6S. The number of rotatable bonds is 5. The number of carbonyl (C=O) groups excluding carboxylic acids is 3. The molecule has 0 spiro atoms. The quantitative estimate of drug-likeness (QED) is 0.265. The van der Waals surface area contributed by atoms with Gasteiger partial charge in [0.1, 0.15) is 39.9 Å². The van der Waals surface area contributed by atoms with E-state index in [2.05, 4.69) is 15.3 Å². The molecule has 4 atom stereocenters. The first-order valence-corrected chi connectivity index (χ1v) is 16.6. The fourth-order valence-electron chi connectivity index (χ4n) is 6.27. The van der Waals surface area contributed by atoms with Crippen LogP contribution in [-0.2, 0) is 20.5 Å². The Bertz CT molecular complexity index is 1790. The Labute approximate surface area is 283 Å². The van der Waals surface area contributed by atoms with Crippen molar-refractivity contribution in [2.45, 2.75) is 56.0 Å². The van der Waals surface area contributed by atoms with Crippen LogP contribution in [0.4, 0.5) is 18.0 Å². The number of allylic oxidation sites excluding steroid dienone is 1. The molecule has 3 aliphatic rings. The standard InChI is InChI=1S/C32H33ClF3N5O6S/c1-40-11-7-5-4-6-8-17-14-31(17,29(43)46-3)39-30(44)41-15-18(12-22(41)27(40)42)47-24-13-20(21-16-48-28(38-21)32(34,35)36)37-26-19(24)9-10-23(45-2)25(26)33/h6,8-10,13,16-18,22H,4-5,7,11-12,14-15H2,1-3H3,(H,39,44)/b8-6-/t17-,18+,22+,31-/m1/s1. The molecule has 1 aliphatic carbocycles. The van der Waals surface area contributed by atoms with Crippen molar-refractivity contribution >= 4 is 51.7 Å². The van der Waals surface area contributed by atoms with Gasteiger partial charge in [-0.3, -0.25) is 4.79 Å². The van der Waals surface area contributed by atoms with Crippen molar-refractivity contribution in [3.8, 4) is 22.9 Å². The number of pyridine rings is 1. The van der Waals surface area contributed by atoms with Crippen molar-refractivity contribution < 1.29 is 41.8 Å². The lowest BCUT2D eigenvalue weighted by molar-refractivity contribution is -0.144. The number of carbonyl (C=O) groups is 3. The number of ether oxygens (including phenoxy) is 3. The van der Waals surface area contributed by atoms with Crippen LogP contribution in [0.2, 0.25) is 5.02 Å². The highest BCUT2D eigenvalue weighted by Crippen LogP contribution is 2.46. The Kier molecular flexibility index (Phi) is 9.20. The predicted molar refractivity (Wildman–Crippen MR) is 171 cm³/mol. The second kappa shape index (κ2) is 13.1. The third-order valence-electron chi connectivity index (χ3n) is 8.93. The van der Waals surface area contributed by atoms with E-state index in [9.17, 15) is 27.6 Å². The number of nitrogens with zero attached hydrogens (tertiary/aromatic N) is 4. The summed E-state index contributed by atoms with van der Waals surface area (Å²) in [5.74, 6) is -0.572. The van der Waals surface area contributed by atoms with Gasteiger partial charge < -0.3 is 29.3 Å². The minimum absolute atomic E-state index is 0.0220. The van der Waals surface area contributed by atoms with Crippen LogP contribution in [0.3, 0.4) is 0 Å². The second-order valence-electron chi connectivity index (χ2n) is 12.1. The van der Waals surface area contributed by atoms with Crippen LogP contribution in [0.1, 0.15) is 37.1 Å². The zero-order chi connectivity index (χ0) is 34.4. The van der Waals surface area contributed by atoms with Gasteiger partial charge in [-0.15, -0.1) is 11.3 Å². The first kappa shape index (κ1) is 33.8. The average Bonchev–Trinajstić information content (AvgIpc) is 3.36. The molecule has 2 aromatic heterocycles. The van der Waals surface area contributed by atoms with E-state index in [0.29, 0.717) is 35.4 Å². The van der Waals surface area contributed by atoms with Crippen molar-refractivity contribution in [1.29, 1.82) is 0 Å². The molecule has 4 heterocycles. The zero-order valence-corrected chi connectivity index (χ0v) is 27.9.